The van der Waals surface area contributed by atoms with Gasteiger partial charge in [0.2, 0.25) is 11.9 Å². The highest BCUT2D eigenvalue weighted by Crippen LogP contribution is 2.25. The summed E-state index contributed by atoms with van der Waals surface area (Å²) >= 11 is 4.93. The van der Waals surface area contributed by atoms with Crippen molar-refractivity contribution in [3.63, 3.8) is 0 Å². The van der Waals surface area contributed by atoms with Crippen LogP contribution in [0, 0.1) is 6.92 Å². The molecule has 2 heterocycles. The zero-order valence-electron chi connectivity index (χ0n) is 11.8. The molecule has 2 aromatic heterocycles. The van der Waals surface area contributed by atoms with Gasteiger partial charge in [-0.15, -0.1) is 22.0 Å². The summed E-state index contributed by atoms with van der Waals surface area (Å²) in [6.45, 7) is 2.02. The Morgan fingerprint density at radius 1 is 1.32 bits per heavy atom. The van der Waals surface area contributed by atoms with Crippen molar-refractivity contribution in [1.82, 2.24) is 14.6 Å². The van der Waals surface area contributed by atoms with E-state index in [1.165, 1.54) is 11.8 Å². The zero-order valence-corrected chi connectivity index (χ0v) is 14.2. The van der Waals surface area contributed by atoms with E-state index in [1.54, 1.807) is 4.40 Å². The lowest BCUT2D eigenvalue weighted by Gasteiger charge is -2.06. The minimum absolute atomic E-state index is 0.106. The lowest BCUT2D eigenvalue weighted by atomic mass is 10.2. The maximum absolute atomic E-state index is 12.1. The fourth-order valence-corrected chi connectivity index (χ4v) is 3.29. The summed E-state index contributed by atoms with van der Waals surface area (Å²) in [4.78, 5) is 13.2. The maximum Gasteiger partial charge on any atom is 0.237 e. The number of carbonyl (C=O) groups is 1. The number of hydrogen-bond donors (Lipinski definition) is 1. The molecule has 112 valence electrons. The van der Waals surface area contributed by atoms with Gasteiger partial charge in [0.05, 0.1) is 5.75 Å². The third kappa shape index (κ3) is 3.31. The van der Waals surface area contributed by atoms with Gasteiger partial charge in [-0.25, -0.2) is 0 Å². The van der Waals surface area contributed by atoms with Crippen LogP contribution in [-0.4, -0.2) is 26.3 Å². The summed E-state index contributed by atoms with van der Waals surface area (Å²) in [7, 11) is 0. The Hall–Kier alpha value is -1.86. The maximum atomic E-state index is 12.1. The first-order valence-electron chi connectivity index (χ1n) is 6.62. The molecule has 0 aliphatic carbocycles. The van der Waals surface area contributed by atoms with Crippen LogP contribution in [0.2, 0.25) is 0 Å². The molecular formula is C15H13BrN4OS. The average Bonchev–Trinajstić information content (AvgIpc) is 2.90. The van der Waals surface area contributed by atoms with Crippen LogP contribution in [0.25, 0.3) is 5.65 Å². The highest BCUT2D eigenvalue weighted by molar-refractivity contribution is 9.10. The molecule has 1 N–H and O–H groups in total. The van der Waals surface area contributed by atoms with Gasteiger partial charge in [0.15, 0.2) is 5.65 Å². The molecule has 0 spiro atoms. The molecule has 7 heteroatoms. The van der Waals surface area contributed by atoms with Crippen LogP contribution in [0.5, 0.6) is 0 Å². The number of carbonyl (C=O) groups excluding carboxylic acids is 1. The van der Waals surface area contributed by atoms with Crippen LogP contribution < -0.4 is 5.32 Å². The second kappa shape index (κ2) is 6.50. The van der Waals surface area contributed by atoms with E-state index in [9.17, 15) is 4.79 Å². The summed E-state index contributed by atoms with van der Waals surface area (Å²) in [5.41, 5.74) is 1.84. The van der Waals surface area contributed by atoms with Gasteiger partial charge < -0.3 is 0 Å². The van der Waals surface area contributed by atoms with Crippen LogP contribution in [0.4, 0.5) is 5.95 Å². The Labute approximate surface area is 140 Å². The molecule has 5 nitrogen and oxygen atoms in total. The third-order valence-electron chi connectivity index (χ3n) is 3.06. The van der Waals surface area contributed by atoms with Crippen molar-refractivity contribution in [2.45, 2.75) is 11.8 Å². The third-order valence-corrected chi connectivity index (χ3v) is 4.73. The fraction of sp³-hybridized carbons (Fsp3) is 0.133. The van der Waals surface area contributed by atoms with Crippen LogP contribution in [0.1, 0.15) is 5.56 Å². The number of halogens is 1. The van der Waals surface area contributed by atoms with Crippen LogP contribution in [0.15, 0.2) is 52.0 Å². The Bertz CT molecular complexity index is 833. The molecule has 0 unspecified atom stereocenters. The predicted molar refractivity (Wildman–Crippen MR) is 91.2 cm³/mol. The van der Waals surface area contributed by atoms with Gasteiger partial charge in [-0.3, -0.25) is 14.5 Å². The molecule has 1 amide bonds. The van der Waals surface area contributed by atoms with Crippen molar-refractivity contribution in [2.24, 2.45) is 0 Å². The number of nitrogens with one attached hydrogen (secondary N) is 1. The second-order valence-corrected chi connectivity index (χ2v) is 6.63. The minimum Gasteiger partial charge on any atom is -0.294 e. The topological polar surface area (TPSA) is 59.3 Å². The number of anilines is 1. The number of aromatic nitrogens is 3. The first-order chi connectivity index (χ1) is 10.6. The van der Waals surface area contributed by atoms with E-state index in [0.717, 1.165) is 14.9 Å². The molecule has 22 heavy (non-hydrogen) atoms. The van der Waals surface area contributed by atoms with Crippen molar-refractivity contribution in [3.05, 3.63) is 52.6 Å². The molecule has 0 aliphatic rings. The number of thioether (sulfide) groups is 1. The van der Waals surface area contributed by atoms with Gasteiger partial charge in [-0.2, -0.15) is 0 Å². The summed E-state index contributed by atoms with van der Waals surface area (Å²) in [5.74, 6) is 0.656. The van der Waals surface area contributed by atoms with Crippen molar-refractivity contribution in [3.8, 4) is 0 Å². The predicted octanol–water partition coefficient (Wildman–Crippen LogP) is 3.53. The molecule has 0 fully saturated rings. The van der Waals surface area contributed by atoms with Gasteiger partial charge >= 0.3 is 0 Å². The van der Waals surface area contributed by atoms with E-state index in [1.807, 2.05) is 49.5 Å². The Kier molecular flexibility index (Phi) is 4.44. The molecule has 1 aromatic carbocycles. The number of hydrogen-bond acceptors (Lipinski definition) is 4. The van der Waals surface area contributed by atoms with Crippen molar-refractivity contribution in [1.29, 1.82) is 0 Å². The Morgan fingerprint density at radius 2 is 2.18 bits per heavy atom. The second-order valence-electron chi connectivity index (χ2n) is 4.70. The molecule has 0 radical (unpaired) electrons. The lowest BCUT2D eigenvalue weighted by molar-refractivity contribution is -0.113. The van der Waals surface area contributed by atoms with E-state index in [4.69, 9.17) is 0 Å². The number of rotatable bonds is 4. The number of aryl methyl sites for hydroxylation is 1. The monoisotopic (exact) mass is 376 g/mol. The van der Waals surface area contributed by atoms with Gasteiger partial charge in [0.1, 0.15) is 0 Å². The Morgan fingerprint density at radius 3 is 3.00 bits per heavy atom. The number of fused-ring (bicyclic) bond motifs is 1. The van der Waals surface area contributed by atoms with E-state index >= 15 is 0 Å². The van der Waals surface area contributed by atoms with Crippen molar-refractivity contribution < 1.29 is 4.79 Å². The summed E-state index contributed by atoms with van der Waals surface area (Å²) < 4.78 is 2.78. The Balaban J connectivity index is 1.65. The summed E-state index contributed by atoms with van der Waals surface area (Å²) in [5, 5.41) is 10.8. The summed E-state index contributed by atoms with van der Waals surface area (Å²) in [6.07, 6.45) is 1.82. The lowest BCUT2D eigenvalue weighted by Crippen LogP contribution is -2.16. The molecule has 0 aliphatic heterocycles. The fourth-order valence-electron chi connectivity index (χ4n) is 2.01. The average molecular weight is 377 g/mol. The molecule has 3 rings (SSSR count). The van der Waals surface area contributed by atoms with Crippen LogP contribution in [0.3, 0.4) is 0 Å². The number of amides is 1. The van der Waals surface area contributed by atoms with Gasteiger partial charge in [-0.05, 0) is 42.8 Å². The number of pyridine rings is 1. The minimum atomic E-state index is -0.106. The number of nitrogens with zero attached hydrogens (tertiary/aromatic N) is 3. The highest BCUT2D eigenvalue weighted by atomic mass is 79.9. The highest BCUT2D eigenvalue weighted by Gasteiger charge is 2.10. The van der Waals surface area contributed by atoms with Crippen molar-refractivity contribution in [2.75, 3.05) is 11.1 Å². The smallest absolute Gasteiger partial charge is 0.237 e. The van der Waals surface area contributed by atoms with Gasteiger partial charge in [0, 0.05) is 15.6 Å². The van der Waals surface area contributed by atoms with Crippen molar-refractivity contribution >= 4 is 45.2 Å². The van der Waals surface area contributed by atoms with E-state index in [2.05, 4.69) is 31.4 Å². The van der Waals surface area contributed by atoms with Gasteiger partial charge in [0.25, 0.3) is 0 Å². The first kappa shape index (κ1) is 15.1. The zero-order chi connectivity index (χ0) is 15.5. The number of benzene rings is 1. The standard InChI is InChI=1S/C15H13BrN4OS/c1-10-8-11(16)5-6-12(10)22-9-14(21)17-15-19-18-13-4-2-3-7-20(13)15/h2-8H,9H2,1H3,(H,17,19,21). The molecule has 0 saturated heterocycles. The SMILES string of the molecule is Cc1cc(Br)ccc1SCC(=O)Nc1nnc2ccccn12. The normalized spacial score (nSPS) is 10.8. The molecular weight excluding hydrogens is 364 g/mol. The molecule has 0 saturated carbocycles. The van der Waals surface area contributed by atoms with Crippen LogP contribution >= 0.6 is 27.7 Å². The summed E-state index contributed by atoms with van der Waals surface area (Å²) in [6, 6.07) is 11.6. The van der Waals surface area contributed by atoms with E-state index in [-0.39, 0.29) is 5.91 Å². The van der Waals surface area contributed by atoms with Gasteiger partial charge in [-0.1, -0.05) is 22.0 Å². The molecule has 0 bridgehead atoms. The first-order valence-corrected chi connectivity index (χ1v) is 8.40. The van der Waals surface area contributed by atoms with E-state index in [0.29, 0.717) is 17.3 Å². The van der Waals surface area contributed by atoms with E-state index < -0.39 is 0 Å². The largest absolute Gasteiger partial charge is 0.294 e. The van der Waals surface area contributed by atoms with Crippen LogP contribution in [-0.2, 0) is 4.79 Å². The molecule has 3 aromatic rings. The molecule has 0 atom stereocenters. The quantitative estimate of drug-likeness (QED) is 0.707.